The Bertz CT molecular complexity index is 1130. The highest BCUT2D eigenvalue weighted by atomic mass is 19.1. The average molecular weight is 396 g/mol. The maximum absolute atomic E-state index is 13.8. The molecule has 0 fully saturated rings. The van der Waals surface area contributed by atoms with Gasteiger partial charge >= 0.3 is 0 Å². The number of carbonyl (C=O) groups excluding carboxylic acids is 1. The van der Waals surface area contributed by atoms with Gasteiger partial charge in [0.2, 0.25) is 5.78 Å². The van der Waals surface area contributed by atoms with Crippen LogP contribution in [0.3, 0.4) is 0 Å². The van der Waals surface area contributed by atoms with Gasteiger partial charge in [0.05, 0.1) is 11.1 Å². The van der Waals surface area contributed by atoms with E-state index >= 15 is 0 Å². The van der Waals surface area contributed by atoms with Crippen LogP contribution in [-0.4, -0.2) is 5.78 Å². The molecule has 0 radical (unpaired) electrons. The molecule has 0 aromatic heterocycles. The third-order valence-electron chi connectivity index (χ3n) is 4.53. The number of benzene rings is 3. The molecule has 0 aliphatic carbocycles. The summed E-state index contributed by atoms with van der Waals surface area (Å²) < 4.78 is 52.1. The molecule has 6 heteroatoms. The van der Waals surface area contributed by atoms with Gasteiger partial charge in [0.15, 0.2) is 5.76 Å². The number of fused-ring (bicyclic) bond motifs is 1. The van der Waals surface area contributed by atoms with Crippen LogP contribution in [-0.2, 0) is 6.61 Å². The van der Waals surface area contributed by atoms with E-state index in [4.69, 9.17) is 9.47 Å². The van der Waals surface area contributed by atoms with Crippen LogP contribution >= 0.6 is 0 Å². The van der Waals surface area contributed by atoms with Crippen molar-refractivity contribution < 1.29 is 27.4 Å². The number of hydrogen-bond donors (Lipinski definition) is 0. The fourth-order valence-corrected chi connectivity index (χ4v) is 3.13. The highest BCUT2D eigenvalue weighted by Gasteiger charge is 2.30. The van der Waals surface area contributed by atoms with Gasteiger partial charge < -0.3 is 9.47 Å². The van der Waals surface area contributed by atoms with Crippen LogP contribution in [0.2, 0.25) is 0 Å². The van der Waals surface area contributed by atoms with Crippen molar-refractivity contribution in [2.75, 3.05) is 0 Å². The van der Waals surface area contributed by atoms with E-state index in [1.807, 2.05) is 0 Å². The molecule has 3 aromatic carbocycles. The lowest BCUT2D eigenvalue weighted by Gasteiger charge is -2.10. The lowest BCUT2D eigenvalue weighted by atomic mass is 10.0. The van der Waals surface area contributed by atoms with Crippen molar-refractivity contribution in [3.05, 3.63) is 100 Å². The van der Waals surface area contributed by atoms with Crippen LogP contribution in [0.25, 0.3) is 6.08 Å². The SMILES string of the molecule is Cc1cc(OCc2c(F)cccc2F)cc2c1C(=O)/C(=C/c1cccc(F)c1)O2. The molecule has 0 atom stereocenters. The summed E-state index contributed by atoms with van der Waals surface area (Å²) in [5.74, 6) is -1.50. The van der Waals surface area contributed by atoms with Crippen molar-refractivity contribution in [2.24, 2.45) is 0 Å². The number of hydrogen-bond acceptors (Lipinski definition) is 3. The minimum atomic E-state index is -0.699. The molecule has 1 aliphatic heterocycles. The smallest absolute Gasteiger partial charge is 0.232 e. The first kappa shape index (κ1) is 18.8. The third kappa shape index (κ3) is 3.74. The number of halogens is 3. The first-order valence-electron chi connectivity index (χ1n) is 8.82. The predicted octanol–water partition coefficient (Wildman–Crippen LogP) is 5.61. The van der Waals surface area contributed by atoms with Gasteiger partial charge in [-0.2, -0.15) is 0 Å². The number of allylic oxidation sites excluding steroid dienone is 1. The van der Waals surface area contributed by atoms with E-state index in [-0.39, 0.29) is 29.5 Å². The number of aryl methyl sites for hydroxylation is 1. The Kier molecular flexibility index (Phi) is 4.84. The second-order valence-corrected chi connectivity index (χ2v) is 6.60. The van der Waals surface area contributed by atoms with Crippen molar-refractivity contribution in [3.63, 3.8) is 0 Å². The Labute approximate surface area is 165 Å². The third-order valence-corrected chi connectivity index (χ3v) is 4.53. The topological polar surface area (TPSA) is 35.5 Å². The van der Waals surface area contributed by atoms with Crippen LogP contribution in [0.5, 0.6) is 11.5 Å². The quantitative estimate of drug-likeness (QED) is 0.538. The molecular formula is C23H15F3O3. The van der Waals surface area contributed by atoms with E-state index < -0.39 is 17.5 Å². The van der Waals surface area contributed by atoms with Crippen molar-refractivity contribution in [1.82, 2.24) is 0 Å². The molecule has 0 unspecified atom stereocenters. The molecule has 3 nitrogen and oxygen atoms in total. The van der Waals surface area contributed by atoms with Crippen molar-refractivity contribution in [2.45, 2.75) is 13.5 Å². The fraction of sp³-hybridized carbons (Fsp3) is 0.0870. The molecule has 0 bridgehead atoms. The zero-order valence-electron chi connectivity index (χ0n) is 15.3. The van der Waals surface area contributed by atoms with E-state index in [9.17, 15) is 18.0 Å². The van der Waals surface area contributed by atoms with Gasteiger partial charge in [-0.1, -0.05) is 18.2 Å². The fourth-order valence-electron chi connectivity index (χ4n) is 3.13. The van der Waals surface area contributed by atoms with Crippen LogP contribution in [0.4, 0.5) is 13.2 Å². The first-order valence-corrected chi connectivity index (χ1v) is 8.82. The van der Waals surface area contributed by atoms with Gasteiger partial charge in [0, 0.05) is 6.07 Å². The van der Waals surface area contributed by atoms with E-state index in [1.165, 1.54) is 36.4 Å². The van der Waals surface area contributed by atoms with Crippen LogP contribution in [0, 0.1) is 24.4 Å². The zero-order valence-corrected chi connectivity index (χ0v) is 15.3. The molecule has 0 saturated heterocycles. The van der Waals surface area contributed by atoms with Gasteiger partial charge in [0.25, 0.3) is 0 Å². The number of Topliss-reactive ketones (excluding diaryl/α,β-unsaturated/α-hetero) is 1. The van der Waals surface area contributed by atoms with E-state index in [0.717, 1.165) is 12.1 Å². The van der Waals surface area contributed by atoms with Crippen molar-refractivity contribution in [1.29, 1.82) is 0 Å². The van der Waals surface area contributed by atoms with Crippen molar-refractivity contribution >= 4 is 11.9 Å². The summed E-state index contributed by atoms with van der Waals surface area (Å²) in [6, 6.07) is 12.5. The molecule has 0 amide bonds. The minimum absolute atomic E-state index is 0.0611. The average Bonchev–Trinajstić information content (AvgIpc) is 2.97. The largest absolute Gasteiger partial charge is 0.489 e. The summed E-state index contributed by atoms with van der Waals surface area (Å²) in [4.78, 5) is 12.7. The lowest BCUT2D eigenvalue weighted by molar-refractivity contribution is 0.101. The minimum Gasteiger partial charge on any atom is -0.489 e. The lowest BCUT2D eigenvalue weighted by Crippen LogP contribution is -2.02. The Morgan fingerprint density at radius 3 is 2.45 bits per heavy atom. The number of ketones is 1. The van der Waals surface area contributed by atoms with Gasteiger partial charge in [-0.15, -0.1) is 0 Å². The second kappa shape index (κ2) is 7.47. The highest BCUT2D eigenvalue weighted by molar-refractivity contribution is 6.15. The maximum Gasteiger partial charge on any atom is 0.232 e. The van der Waals surface area contributed by atoms with E-state index in [1.54, 1.807) is 19.1 Å². The van der Waals surface area contributed by atoms with Crippen molar-refractivity contribution in [3.8, 4) is 11.5 Å². The molecule has 0 N–H and O–H groups in total. The van der Waals surface area contributed by atoms with E-state index in [2.05, 4.69) is 0 Å². The second-order valence-electron chi connectivity index (χ2n) is 6.60. The molecule has 3 aromatic rings. The monoisotopic (exact) mass is 396 g/mol. The number of carbonyl (C=O) groups is 1. The Morgan fingerprint density at radius 2 is 1.72 bits per heavy atom. The van der Waals surface area contributed by atoms with Crippen LogP contribution in [0.15, 0.2) is 60.4 Å². The standard InChI is InChI=1S/C23H15F3O3/c1-13-8-16(28-12-17-18(25)6-3-7-19(17)26)11-20-22(13)23(27)21(29-20)10-14-4-2-5-15(24)9-14/h2-11H,12H2,1H3/b21-10-. The molecule has 1 heterocycles. The molecule has 0 saturated carbocycles. The van der Waals surface area contributed by atoms with Gasteiger partial charge in [-0.3, -0.25) is 4.79 Å². The van der Waals surface area contributed by atoms with Crippen LogP contribution in [0.1, 0.15) is 27.0 Å². The van der Waals surface area contributed by atoms with Gasteiger partial charge in [-0.25, -0.2) is 13.2 Å². The molecule has 146 valence electrons. The van der Waals surface area contributed by atoms with Gasteiger partial charge in [0.1, 0.15) is 35.6 Å². The number of rotatable bonds is 4. The highest BCUT2D eigenvalue weighted by Crippen LogP contribution is 2.37. The van der Waals surface area contributed by atoms with Crippen LogP contribution < -0.4 is 9.47 Å². The Morgan fingerprint density at radius 1 is 1.00 bits per heavy atom. The summed E-state index contributed by atoms with van der Waals surface area (Å²) in [5, 5.41) is 0. The predicted molar refractivity (Wildman–Crippen MR) is 101 cm³/mol. The summed E-state index contributed by atoms with van der Waals surface area (Å²) in [7, 11) is 0. The normalized spacial score (nSPS) is 14.1. The Balaban J connectivity index is 1.59. The summed E-state index contributed by atoms with van der Waals surface area (Å²) >= 11 is 0. The maximum atomic E-state index is 13.8. The summed E-state index contributed by atoms with van der Waals surface area (Å²) in [6.07, 6.45) is 1.46. The number of ether oxygens (including phenoxy) is 2. The summed E-state index contributed by atoms with van der Waals surface area (Å²) in [6.45, 7) is 1.40. The zero-order chi connectivity index (χ0) is 20.5. The first-order chi connectivity index (χ1) is 13.9. The molecular weight excluding hydrogens is 381 g/mol. The molecule has 29 heavy (non-hydrogen) atoms. The summed E-state index contributed by atoms with van der Waals surface area (Å²) in [5.41, 5.74) is 1.27. The molecule has 0 spiro atoms. The molecule has 1 aliphatic rings. The Hall–Kier alpha value is -3.54. The molecule has 4 rings (SSSR count). The van der Waals surface area contributed by atoms with Gasteiger partial charge in [-0.05, 0) is 54.5 Å². The van der Waals surface area contributed by atoms with E-state index in [0.29, 0.717) is 22.4 Å².